The van der Waals surface area contributed by atoms with Crippen LogP contribution in [0.2, 0.25) is 0 Å². The predicted molar refractivity (Wildman–Crippen MR) is 63.7 cm³/mol. The summed E-state index contributed by atoms with van der Waals surface area (Å²) in [5, 5.41) is 12.6. The Morgan fingerprint density at radius 2 is 2.00 bits per heavy atom. The van der Waals surface area contributed by atoms with E-state index in [2.05, 4.69) is 5.32 Å². The summed E-state index contributed by atoms with van der Waals surface area (Å²) in [4.78, 5) is 0. The van der Waals surface area contributed by atoms with Gasteiger partial charge in [0.25, 0.3) is 0 Å². The van der Waals surface area contributed by atoms with Gasteiger partial charge in [-0.25, -0.2) is 8.78 Å². The van der Waals surface area contributed by atoms with Crippen molar-refractivity contribution in [2.45, 2.75) is 38.8 Å². The fraction of sp³-hybridized carbons (Fsp3) is 0.538. The van der Waals surface area contributed by atoms with Crippen LogP contribution in [0, 0.1) is 11.6 Å². The van der Waals surface area contributed by atoms with Crippen LogP contribution in [0.5, 0.6) is 0 Å². The Balaban J connectivity index is 2.52. The minimum Gasteiger partial charge on any atom is -0.392 e. The van der Waals surface area contributed by atoms with Crippen molar-refractivity contribution in [2.75, 3.05) is 6.54 Å². The molecule has 0 aliphatic rings. The minimum atomic E-state index is -0.842. The van der Waals surface area contributed by atoms with Crippen LogP contribution in [-0.4, -0.2) is 17.8 Å². The summed E-state index contributed by atoms with van der Waals surface area (Å²) in [7, 11) is 0. The maximum absolute atomic E-state index is 13.0. The lowest BCUT2D eigenvalue weighted by Gasteiger charge is -2.17. The fourth-order valence-electron chi connectivity index (χ4n) is 1.65. The first-order chi connectivity index (χ1) is 8.04. The topological polar surface area (TPSA) is 32.3 Å². The summed E-state index contributed by atoms with van der Waals surface area (Å²) in [6.45, 7) is 4.31. The van der Waals surface area contributed by atoms with Gasteiger partial charge >= 0.3 is 0 Å². The second kappa shape index (κ2) is 6.67. The van der Waals surface area contributed by atoms with Gasteiger partial charge in [0.05, 0.1) is 6.10 Å². The lowest BCUT2D eigenvalue weighted by Crippen LogP contribution is -2.29. The molecule has 0 spiro atoms. The summed E-state index contributed by atoms with van der Waals surface area (Å²) < 4.78 is 25.7. The Morgan fingerprint density at radius 1 is 1.29 bits per heavy atom. The van der Waals surface area contributed by atoms with Crippen molar-refractivity contribution in [3.63, 3.8) is 0 Å². The smallest absolute Gasteiger partial charge is 0.159 e. The minimum absolute atomic E-state index is 0.114. The number of nitrogens with one attached hydrogen (secondary N) is 1. The maximum Gasteiger partial charge on any atom is 0.159 e. The van der Waals surface area contributed by atoms with Crippen molar-refractivity contribution in [2.24, 2.45) is 0 Å². The Morgan fingerprint density at radius 3 is 2.59 bits per heavy atom. The molecule has 2 nitrogen and oxygen atoms in total. The molecule has 96 valence electrons. The number of benzene rings is 1. The third kappa shape index (κ3) is 4.40. The molecule has 0 aliphatic carbocycles. The van der Waals surface area contributed by atoms with Gasteiger partial charge in [-0.1, -0.05) is 19.4 Å². The van der Waals surface area contributed by atoms with Crippen LogP contribution >= 0.6 is 0 Å². The molecule has 0 saturated heterocycles. The standard InChI is InChI=1S/C13H19F2NO/c1-3-4-11(17)8-16-9(2)10-5-6-12(14)13(15)7-10/h5-7,9,11,16-17H,3-4,8H2,1-2H3. The van der Waals surface area contributed by atoms with Crippen LogP contribution in [0.15, 0.2) is 18.2 Å². The van der Waals surface area contributed by atoms with Crippen LogP contribution in [0.25, 0.3) is 0 Å². The molecule has 0 aliphatic heterocycles. The van der Waals surface area contributed by atoms with Crippen molar-refractivity contribution in [1.29, 1.82) is 0 Å². The molecule has 0 bridgehead atoms. The van der Waals surface area contributed by atoms with E-state index < -0.39 is 17.7 Å². The van der Waals surface area contributed by atoms with Crippen molar-refractivity contribution in [1.82, 2.24) is 5.32 Å². The van der Waals surface area contributed by atoms with Crippen molar-refractivity contribution in [3.8, 4) is 0 Å². The third-order valence-corrected chi connectivity index (χ3v) is 2.73. The van der Waals surface area contributed by atoms with E-state index in [4.69, 9.17) is 0 Å². The van der Waals surface area contributed by atoms with Gasteiger partial charge < -0.3 is 10.4 Å². The van der Waals surface area contributed by atoms with E-state index in [1.165, 1.54) is 6.07 Å². The predicted octanol–water partition coefficient (Wildman–Crippen LogP) is 2.78. The summed E-state index contributed by atoms with van der Waals surface area (Å²) in [5.41, 5.74) is 0.674. The van der Waals surface area contributed by atoms with Gasteiger partial charge in [0.1, 0.15) is 0 Å². The van der Waals surface area contributed by atoms with Crippen LogP contribution in [0.4, 0.5) is 8.78 Å². The number of hydrogen-bond acceptors (Lipinski definition) is 2. The average molecular weight is 243 g/mol. The zero-order valence-corrected chi connectivity index (χ0v) is 10.2. The zero-order chi connectivity index (χ0) is 12.8. The second-order valence-electron chi connectivity index (χ2n) is 4.25. The summed E-state index contributed by atoms with van der Waals surface area (Å²) >= 11 is 0. The molecule has 0 heterocycles. The highest BCUT2D eigenvalue weighted by atomic mass is 19.2. The number of aliphatic hydroxyl groups is 1. The molecule has 1 aromatic carbocycles. The van der Waals surface area contributed by atoms with Gasteiger partial charge in [0.15, 0.2) is 11.6 Å². The molecule has 0 saturated carbocycles. The van der Waals surface area contributed by atoms with Crippen molar-refractivity contribution in [3.05, 3.63) is 35.4 Å². The normalized spacial score (nSPS) is 14.6. The van der Waals surface area contributed by atoms with Gasteiger partial charge in [-0.05, 0) is 31.0 Å². The molecule has 0 fully saturated rings. The quantitative estimate of drug-likeness (QED) is 0.805. The molecule has 0 amide bonds. The highest BCUT2D eigenvalue weighted by molar-refractivity contribution is 5.20. The summed E-state index contributed by atoms with van der Waals surface area (Å²) in [5.74, 6) is -1.68. The number of hydrogen-bond donors (Lipinski definition) is 2. The monoisotopic (exact) mass is 243 g/mol. The first kappa shape index (κ1) is 14.1. The lowest BCUT2D eigenvalue weighted by atomic mass is 10.1. The van der Waals surface area contributed by atoms with Gasteiger partial charge in [-0.2, -0.15) is 0 Å². The van der Waals surface area contributed by atoms with E-state index in [9.17, 15) is 13.9 Å². The molecule has 1 rings (SSSR count). The molecule has 1 aromatic rings. The SMILES string of the molecule is CCCC(O)CNC(C)c1ccc(F)c(F)c1. The number of aliphatic hydroxyl groups excluding tert-OH is 1. The largest absolute Gasteiger partial charge is 0.392 e. The Kier molecular flexibility index (Phi) is 5.51. The molecule has 2 atom stereocenters. The van der Waals surface area contributed by atoms with Gasteiger partial charge in [-0.3, -0.25) is 0 Å². The molecule has 0 aromatic heterocycles. The van der Waals surface area contributed by atoms with E-state index in [1.54, 1.807) is 6.07 Å². The lowest BCUT2D eigenvalue weighted by molar-refractivity contribution is 0.157. The molecular formula is C13H19F2NO. The van der Waals surface area contributed by atoms with E-state index in [0.29, 0.717) is 12.1 Å². The Bertz CT molecular complexity index is 357. The van der Waals surface area contributed by atoms with Crippen LogP contribution in [0.3, 0.4) is 0 Å². The molecular weight excluding hydrogens is 224 g/mol. The first-order valence-corrected chi connectivity index (χ1v) is 5.91. The third-order valence-electron chi connectivity index (χ3n) is 2.73. The van der Waals surface area contributed by atoms with Crippen LogP contribution in [-0.2, 0) is 0 Å². The average Bonchev–Trinajstić information content (AvgIpc) is 2.30. The Hall–Kier alpha value is -1.00. The number of halogens is 2. The first-order valence-electron chi connectivity index (χ1n) is 5.91. The van der Waals surface area contributed by atoms with E-state index in [0.717, 1.165) is 18.9 Å². The zero-order valence-electron chi connectivity index (χ0n) is 10.2. The van der Waals surface area contributed by atoms with Crippen molar-refractivity contribution < 1.29 is 13.9 Å². The molecule has 4 heteroatoms. The molecule has 0 radical (unpaired) electrons. The number of rotatable bonds is 6. The van der Waals surface area contributed by atoms with Crippen molar-refractivity contribution >= 4 is 0 Å². The van der Waals surface area contributed by atoms with E-state index in [1.807, 2.05) is 13.8 Å². The second-order valence-corrected chi connectivity index (χ2v) is 4.25. The highest BCUT2D eigenvalue weighted by Gasteiger charge is 2.10. The molecule has 2 N–H and O–H groups in total. The highest BCUT2D eigenvalue weighted by Crippen LogP contribution is 2.15. The van der Waals surface area contributed by atoms with E-state index in [-0.39, 0.29) is 6.04 Å². The Labute approximate surface area is 101 Å². The van der Waals surface area contributed by atoms with E-state index >= 15 is 0 Å². The van der Waals surface area contributed by atoms with Crippen LogP contribution in [0.1, 0.15) is 38.3 Å². The molecule has 2 unspecified atom stereocenters. The summed E-state index contributed by atoms with van der Waals surface area (Å²) in [6, 6.07) is 3.73. The van der Waals surface area contributed by atoms with Gasteiger partial charge in [0.2, 0.25) is 0 Å². The van der Waals surface area contributed by atoms with Gasteiger partial charge in [0, 0.05) is 12.6 Å². The molecule has 17 heavy (non-hydrogen) atoms. The maximum atomic E-state index is 13.0. The fourth-order valence-corrected chi connectivity index (χ4v) is 1.65. The summed E-state index contributed by atoms with van der Waals surface area (Å²) in [6.07, 6.45) is 1.26. The van der Waals surface area contributed by atoms with Crippen LogP contribution < -0.4 is 5.32 Å². The van der Waals surface area contributed by atoms with Gasteiger partial charge in [-0.15, -0.1) is 0 Å².